The molecule has 27 heavy (non-hydrogen) atoms. The van der Waals surface area contributed by atoms with Crippen LogP contribution in [-0.2, 0) is 11.2 Å². The third-order valence-corrected chi connectivity index (χ3v) is 4.85. The van der Waals surface area contributed by atoms with E-state index in [0.29, 0.717) is 18.7 Å². The largest absolute Gasteiger partial charge is 0.379 e. The summed E-state index contributed by atoms with van der Waals surface area (Å²) in [6, 6.07) is 7.53. The van der Waals surface area contributed by atoms with Crippen LogP contribution in [0.5, 0.6) is 0 Å². The van der Waals surface area contributed by atoms with E-state index in [4.69, 9.17) is 4.74 Å². The zero-order valence-electron chi connectivity index (χ0n) is 14.4. The molecular formula is C20H18FN3O3. The van der Waals surface area contributed by atoms with Crippen molar-refractivity contribution in [2.75, 3.05) is 13.2 Å². The van der Waals surface area contributed by atoms with Crippen molar-refractivity contribution >= 4 is 16.8 Å². The average Bonchev–Trinajstić information content (AvgIpc) is 3.10. The van der Waals surface area contributed by atoms with Gasteiger partial charge in [-0.15, -0.1) is 0 Å². The van der Waals surface area contributed by atoms with Crippen molar-refractivity contribution in [2.24, 2.45) is 5.92 Å². The molecule has 2 aromatic heterocycles. The second-order valence-electron chi connectivity index (χ2n) is 6.66. The highest BCUT2D eigenvalue weighted by molar-refractivity contribution is 5.97. The van der Waals surface area contributed by atoms with E-state index in [1.165, 1.54) is 18.3 Å². The van der Waals surface area contributed by atoms with Crippen LogP contribution in [0.25, 0.3) is 10.9 Å². The minimum atomic E-state index is -0.521. The van der Waals surface area contributed by atoms with Crippen molar-refractivity contribution in [3.63, 3.8) is 0 Å². The first-order chi connectivity index (χ1) is 13.1. The highest BCUT2D eigenvalue weighted by Crippen LogP contribution is 2.19. The van der Waals surface area contributed by atoms with Crippen LogP contribution in [0.2, 0.25) is 0 Å². The van der Waals surface area contributed by atoms with Crippen molar-refractivity contribution in [1.82, 2.24) is 15.3 Å². The molecule has 0 aliphatic carbocycles. The number of carbonyl (C=O) groups excluding carboxylic acids is 1. The number of aromatic amines is 1. The van der Waals surface area contributed by atoms with Gasteiger partial charge in [0.15, 0.2) is 0 Å². The molecule has 0 spiro atoms. The molecule has 138 valence electrons. The summed E-state index contributed by atoms with van der Waals surface area (Å²) in [6.45, 7) is 0.925. The summed E-state index contributed by atoms with van der Waals surface area (Å²) in [5.41, 5.74) is 1.06. The predicted molar refractivity (Wildman–Crippen MR) is 98.0 cm³/mol. The number of carbonyl (C=O) groups is 1. The number of rotatable bonds is 4. The van der Waals surface area contributed by atoms with E-state index in [-0.39, 0.29) is 22.9 Å². The molecular weight excluding hydrogens is 349 g/mol. The first kappa shape index (κ1) is 17.4. The maximum atomic E-state index is 13.5. The zero-order valence-corrected chi connectivity index (χ0v) is 14.4. The molecule has 2 atom stereocenters. The van der Waals surface area contributed by atoms with Gasteiger partial charge in [-0.2, -0.15) is 0 Å². The van der Waals surface area contributed by atoms with Gasteiger partial charge in [0.2, 0.25) is 5.43 Å². The van der Waals surface area contributed by atoms with Gasteiger partial charge in [-0.3, -0.25) is 14.6 Å². The number of hydrogen-bond donors (Lipinski definition) is 2. The van der Waals surface area contributed by atoms with E-state index >= 15 is 0 Å². The van der Waals surface area contributed by atoms with Crippen LogP contribution in [0, 0.1) is 11.7 Å². The third-order valence-electron chi connectivity index (χ3n) is 4.85. The summed E-state index contributed by atoms with van der Waals surface area (Å²) in [5, 5.41) is 3.04. The van der Waals surface area contributed by atoms with Crippen molar-refractivity contribution in [2.45, 2.75) is 12.5 Å². The number of ether oxygens (including phenoxy) is 1. The first-order valence-corrected chi connectivity index (χ1v) is 8.70. The Kier molecular flexibility index (Phi) is 4.68. The van der Waals surface area contributed by atoms with Crippen LogP contribution in [0.1, 0.15) is 15.9 Å². The standard InChI is InChI=1S/C20H18FN3O3/c21-14-1-2-17-15(8-14)19(25)16(9-23-17)20(26)24-18-11-27-10-13(18)7-12-3-5-22-6-4-12/h1-6,8-9,13,18H,7,10-11H2,(H,23,25)(H,24,26)/t13-,18+/m1/s1. The van der Waals surface area contributed by atoms with Gasteiger partial charge in [0.1, 0.15) is 11.4 Å². The highest BCUT2D eigenvalue weighted by atomic mass is 19.1. The molecule has 6 nitrogen and oxygen atoms in total. The van der Waals surface area contributed by atoms with Crippen LogP contribution in [0.15, 0.2) is 53.7 Å². The molecule has 7 heteroatoms. The second kappa shape index (κ2) is 7.28. The van der Waals surface area contributed by atoms with Gasteiger partial charge < -0.3 is 15.0 Å². The molecule has 1 aromatic carbocycles. The summed E-state index contributed by atoms with van der Waals surface area (Å²) in [6.07, 6.45) is 5.57. The summed E-state index contributed by atoms with van der Waals surface area (Å²) < 4.78 is 19.0. The van der Waals surface area contributed by atoms with Gasteiger partial charge in [0.05, 0.1) is 19.3 Å². The number of hydrogen-bond acceptors (Lipinski definition) is 4. The second-order valence-corrected chi connectivity index (χ2v) is 6.66. The van der Waals surface area contributed by atoms with Gasteiger partial charge in [-0.1, -0.05) is 0 Å². The number of pyridine rings is 2. The topological polar surface area (TPSA) is 84.1 Å². The molecule has 1 aliphatic rings. The molecule has 0 radical (unpaired) electrons. The van der Waals surface area contributed by atoms with E-state index in [9.17, 15) is 14.0 Å². The van der Waals surface area contributed by atoms with Crippen LogP contribution < -0.4 is 10.7 Å². The molecule has 2 N–H and O–H groups in total. The van der Waals surface area contributed by atoms with E-state index in [1.54, 1.807) is 12.4 Å². The minimum absolute atomic E-state index is 0.0392. The van der Waals surface area contributed by atoms with Gasteiger partial charge in [-0.05, 0) is 42.3 Å². The van der Waals surface area contributed by atoms with Crippen molar-refractivity contribution in [3.05, 3.63) is 76.1 Å². The first-order valence-electron chi connectivity index (χ1n) is 8.70. The Morgan fingerprint density at radius 2 is 2.07 bits per heavy atom. The van der Waals surface area contributed by atoms with E-state index < -0.39 is 17.2 Å². The van der Waals surface area contributed by atoms with Crippen molar-refractivity contribution in [1.29, 1.82) is 0 Å². The van der Waals surface area contributed by atoms with Gasteiger partial charge >= 0.3 is 0 Å². The summed E-state index contributed by atoms with van der Waals surface area (Å²) in [7, 11) is 0. The fourth-order valence-corrected chi connectivity index (χ4v) is 3.39. The van der Waals surface area contributed by atoms with E-state index in [2.05, 4.69) is 15.3 Å². The zero-order chi connectivity index (χ0) is 18.8. The highest BCUT2D eigenvalue weighted by Gasteiger charge is 2.30. The van der Waals surface area contributed by atoms with E-state index in [1.807, 2.05) is 12.1 Å². The van der Waals surface area contributed by atoms with Crippen molar-refractivity contribution in [3.8, 4) is 0 Å². The number of aromatic nitrogens is 2. The Morgan fingerprint density at radius 3 is 2.89 bits per heavy atom. The lowest BCUT2D eigenvalue weighted by Crippen LogP contribution is -2.42. The van der Waals surface area contributed by atoms with Crippen LogP contribution in [-0.4, -0.2) is 35.1 Å². The Labute approximate surface area is 154 Å². The molecule has 4 rings (SSSR count). The molecule has 1 saturated heterocycles. The SMILES string of the molecule is O=C(N[C@H]1COC[C@H]1Cc1ccncc1)c1c[nH]c2ccc(F)cc2c1=O. The number of nitrogens with zero attached hydrogens (tertiary/aromatic N) is 1. The monoisotopic (exact) mass is 367 g/mol. The summed E-state index contributed by atoms with van der Waals surface area (Å²) >= 11 is 0. The molecule has 1 amide bonds. The molecule has 3 aromatic rings. The van der Waals surface area contributed by atoms with Gasteiger partial charge in [0.25, 0.3) is 5.91 Å². The number of amides is 1. The summed E-state index contributed by atoms with van der Waals surface area (Å²) in [5.74, 6) is -0.905. The molecule has 3 heterocycles. The van der Waals surface area contributed by atoms with E-state index in [0.717, 1.165) is 18.1 Å². The van der Waals surface area contributed by atoms with Gasteiger partial charge in [-0.25, -0.2) is 4.39 Å². The lowest BCUT2D eigenvalue weighted by atomic mass is 9.95. The number of nitrogens with one attached hydrogen (secondary N) is 2. The normalized spacial score (nSPS) is 19.3. The smallest absolute Gasteiger partial charge is 0.257 e. The fraction of sp³-hybridized carbons (Fsp3) is 0.250. The maximum absolute atomic E-state index is 13.5. The molecule has 1 aliphatic heterocycles. The van der Waals surface area contributed by atoms with Crippen LogP contribution in [0.4, 0.5) is 4.39 Å². The summed E-state index contributed by atoms with van der Waals surface area (Å²) in [4.78, 5) is 32.1. The lowest BCUT2D eigenvalue weighted by molar-refractivity contribution is 0.0924. The van der Waals surface area contributed by atoms with Crippen LogP contribution >= 0.6 is 0 Å². The van der Waals surface area contributed by atoms with Crippen molar-refractivity contribution < 1.29 is 13.9 Å². The molecule has 0 saturated carbocycles. The number of H-pyrrole nitrogens is 1. The average molecular weight is 367 g/mol. The minimum Gasteiger partial charge on any atom is -0.379 e. The Balaban J connectivity index is 1.54. The van der Waals surface area contributed by atoms with Crippen LogP contribution in [0.3, 0.4) is 0 Å². The quantitative estimate of drug-likeness (QED) is 0.739. The Hall–Kier alpha value is -3.06. The molecule has 0 unspecified atom stereocenters. The maximum Gasteiger partial charge on any atom is 0.257 e. The fourth-order valence-electron chi connectivity index (χ4n) is 3.39. The number of benzene rings is 1. The predicted octanol–water partition coefficient (Wildman–Crippen LogP) is 2.05. The Morgan fingerprint density at radius 1 is 1.26 bits per heavy atom. The third kappa shape index (κ3) is 3.59. The molecule has 1 fully saturated rings. The Bertz CT molecular complexity index is 1040. The lowest BCUT2D eigenvalue weighted by Gasteiger charge is -2.19. The number of fused-ring (bicyclic) bond motifs is 1. The number of halogens is 1. The molecule has 0 bridgehead atoms. The van der Waals surface area contributed by atoms with Gasteiger partial charge in [0, 0.05) is 35.4 Å².